The van der Waals surface area contributed by atoms with Crippen LogP contribution in [0, 0.1) is 0 Å². The van der Waals surface area contributed by atoms with Crippen molar-refractivity contribution in [3.8, 4) is 0 Å². The minimum atomic E-state index is -0.856. The molecule has 0 bridgehead atoms. The van der Waals surface area contributed by atoms with E-state index in [0.717, 1.165) is 148 Å². The summed E-state index contributed by atoms with van der Waals surface area (Å²) in [6.07, 6.45) is 88.9. The number of carbonyl (C=O) groups excluding carboxylic acids is 3. The second-order valence-electron chi connectivity index (χ2n) is 17.7. The Hall–Kier alpha value is -5.49. The molecule has 0 rings (SSSR count). The standard InChI is InChI=1S/C67H100O6/c1-4-7-10-13-16-19-22-25-28-30-32-33-35-36-39-42-45-48-51-54-57-60-66(69)72-63-64(62-71-65(68)59-56-53-50-47-44-41-38-27-24-21-18-15-12-9-6-3)73-67(70)61-58-55-52-49-46-43-40-37-34-31-29-26-23-20-17-14-11-8-5-2/h7-12,16-21,25-29,32-34,36-39,43,45-46,48,52,55,64H,4-6,13-15,22-24,30-31,35,40-42,44,47,49-51,53-54,56-63H2,1-3H3/b10-7-,11-8-,12-9-,19-16-,20-17-,21-18-,28-25-,29-26-,33-32-,37-34-,38-27-,39-36-,46-43-,48-45-,55-52-. The summed E-state index contributed by atoms with van der Waals surface area (Å²) in [7, 11) is 0. The Morgan fingerprint density at radius 3 is 0.849 bits per heavy atom. The summed E-state index contributed by atoms with van der Waals surface area (Å²) in [5.41, 5.74) is 0. The third-order valence-electron chi connectivity index (χ3n) is 10.9. The Morgan fingerprint density at radius 2 is 0.521 bits per heavy atom. The number of esters is 3. The van der Waals surface area contributed by atoms with Gasteiger partial charge in [-0.1, -0.05) is 222 Å². The summed E-state index contributed by atoms with van der Waals surface area (Å²) in [5.74, 6) is -1.10. The van der Waals surface area contributed by atoms with Crippen LogP contribution in [0.5, 0.6) is 0 Å². The number of hydrogen-bond donors (Lipinski definition) is 0. The van der Waals surface area contributed by atoms with Gasteiger partial charge < -0.3 is 14.2 Å². The number of allylic oxidation sites excluding steroid dienone is 30. The van der Waals surface area contributed by atoms with Crippen LogP contribution in [0.2, 0.25) is 0 Å². The Kier molecular flexibility index (Phi) is 54.6. The highest BCUT2D eigenvalue weighted by molar-refractivity contribution is 5.71. The Bertz CT molecular complexity index is 1770. The van der Waals surface area contributed by atoms with Crippen LogP contribution >= 0.6 is 0 Å². The molecule has 404 valence electrons. The fourth-order valence-corrected chi connectivity index (χ4v) is 6.78. The summed E-state index contributed by atoms with van der Waals surface area (Å²) >= 11 is 0. The van der Waals surface area contributed by atoms with Crippen molar-refractivity contribution in [1.82, 2.24) is 0 Å². The summed E-state index contributed by atoms with van der Waals surface area (Å²) < 4.78 is 16.7. The van der Waals surface area contributed by atoms with Crippen LogP contribution in [0.25, 0.3) is 0 Å². The van der Waals surface area contributed by atoms with Crippen molar-refractivity contribution in [1.29, 1.82) is 0 Å². The van der Waals surface area contributed by atoms with E-state index in [-0.39, 0.29) is 38.0 Å². The van der Waals surface area contributed by atoms with Gasteiger partial charge in [-0.15, -0.1) is 0 Å². The van der Waals surface area contributed by atoms with Crippen molar-refractivity contribution < 1.29 is 28.6 Å². The zero-order valence-corrected chi connectivity index (χ0v) is 46.1. The number of rotatable bonds is 48. The van der Waals surface area contributed by atoms with Gasteiger partial charge in [-0.3, -0.25) is 14.4 Å². The van der Waals surface area contributed by atoms with Gasteiger partial charge in [-0.05, 0) is 141 Å². The maximum absolute atomic E-state index is 12.8. The molecule has 6 heteroatoms. The smallest absolute Gasteiger partial charge is 0.306 e. The highest BCUT2D eigenvalue weighted by Crippen LogP contribution is 2.11. The third kappa shape index (κ3) is 57.3. The van der Waals surface area contributed by atoms with Crippen molar-refractivity contribution in [3.05, 3.63) is 182 Å². The van der Waals surface area contributed by atoms with Crippen LogP contribution in [0.4, 0.5) is 0 Å². The van der Waals surface area contributed by atoms with Crippen LogP contribution < -0.4 is 0 Å². The molecular weight excluding hydrogens is 901 g/mol. The van der Waals surface area contributed by atoms with E-state index in [4.69, 9.17) is 14.2 Å². The molecule has 0 aromatic carbocycles. The van der Waals surface area contributed by atoms with Crippen LogP contribution in [0.3, 0.4) is 0 Å². The average molecular weight is 1000 g/mol. The zero-order valence-electron chi connectivity index (χ0n) is 46.1. The number of hydrogen-bond acceptors (Lipinski definition) is 6. The Labute approximate surface area is 446 Å². The molecule has 0 saturated carbocycles. The lowest BCUT2D eigenvalue weighted by molar-refractivity contribution is -0.166. The lowest BCUT2D eigenvalue weighted by Crippen LogP contribution is -2.30. The van der Waals surface area contributed by atoms with Gasteiger partial charge in [0.05, 0.1) is 0 Å². The third-order valence-corrected chi connectivity index (χ3v) is 10.9. The lowest BCUT2D eigenvalue weighted by atomic mass is 10.1. The molecule has 0 saturated heterocycles. The Morgan fingerprint density at radius 1 is 0.274 bits per heavy atom. The van der Waals surface area contributed by atoms with E-state index in [1.807, 2.05) is 12.2 Å². The molecule has 73 heavy (non-hydrogen) atoms. The van der Waals surface area contributed by atoms with E-state index >= 15 is 0 Å². The molecule has 0 aliphatic rings. The van der Waals surface area contributed by atoms with Gasteiger partial charge in [0.1, 0.15) is 13.2 Å². The SMILES string of the molecule is CC/C=C\C/C=C\C/C=C\C/C=C\C/C=C\C/C=C\CCCCC(=O)OCC(COC(=O)CCCCCCC/C=C\C/C=C\C/C=C\CC)OC(=O)CC/C=C\C/C=C\C/C=C\C/C=C\C/C=C\C/C=C\CC. The van der Waals surface area contributed by atoms with Crippen molar-refractivity contribution >= 4 is 17.9 Å². The fraction of sp³-hybridized carbons (Fsp3) is 0.507. The predicted molar refractivity (Wildman–Crippen MR) is 315 cm³/mol. The van der Waals surface area contributed by atoms with E-state index < -0.39 is 12.1 Å². The zero-order chi connectivity index (χ0) is 52.9. The summed E-state index contributed by atoms with van der Waals surface area (Å²) in [4.78, 5) is 38.1. The molecule has 0 heterocycles. The molecule has 0 amide bonds. The van der Waals surface area contributed by atoms with E-state index in [9.17, 15) is 14.4 Å². The van der Waals surface area contributed by atoms with Crippen molar-refractivity contribution in [3.63, 3.8) is 0 Å². The van der Waals surface area contributed by atoms with Gasteiger partial charge in [0.2, 0.25) is 0 Å². The first-order chi connectivity index (χ1) is 36.0. The molecule has 0 spiro atoms. The first-order valence-corrected chi connectivity index (χ1v) is 28.3. The first-order valence-electron chi connectivity index (χ1n) is 28.3. The Balaban J connectivity index is 4.65. The molecule has 0 aromatic rings. The monoisotopic (exact) mass is 1000 g/mol. The fourth-order valence-electron chi connectivity index (χ4n) is 6.78. The maximum Gasteiger partial charge on any atom is 0.306 e. The lowest BCUT2D eigenvalue weighted by Gasteiger charge is -2.18. The summed E-state index contributed by atoms with van der Waals surface area (Å²) in [6, 6.07) is 0. The molecule has 0 aliphatic heterocycles. The van der Waals surface area contributed by atoms with Crippen LogP contribution in [0.15, 0.2) is 182 Å². The first kappa shape index (κ1) is 67.5. The number of ether oxygens (including phenoxy) is 3. The van der Waals surface area contributed by atoms with Gasteiger partial charge in [0, 0.05) is 19.3 Å². The molecule has 0 radical (unpaired) electrons. The topological polar surface area (TPSA) is 78.9 Å². The second kappa shape index (κ2) is 59.1. The van der Waals surface area contributed by atoms with E-state index in [0.29, 0.717) is 19.3 Å². The largest absolute Gasteiger partial charge is 0.462 e. The average Bonchev–Trinajstić information content (AvgIpc) is 3.39. The highest BCUT2D eigenvalue weighted by atomic mass is 16.6. The van der Waals surface area contributed by atoms with Crippen LogP contribution in [0.1, 0.15) is 201 Å². The number of carbonyl (C=O) groups is 3. The summed E-state index contributed by atoms with van der Waals surface area (Å²) in [6.45, 7) is 6.16. The van der Waals surface area contributed by atoms with Gasteiger partial charge >= 0.3 is 17.9 Å². The van der Waals surface area contributed by atoms with Crippen molar-refractivity contribution in [2.45, 2.75) is 207 Å². The van der Waals surface area contributed by atoms with E-state index in [2.05, 4.69) is 191 Å². The van der Waals surface area contributed by atoms with Gasteiger partial charge in [0.25, 0.3) is 0 Å². The van der Waals surface area contributed by atoms with Crippen LogP contribution in [-0.2, 0) is 28.6 Å². The summed E-state index contributed by atoms with van der Waals surface area (Å²) in [5, 5.41) is 0. The normalized spacial score (nSPS) is 13.5. The van der Waals surface area contributed by atoms with Gasteiger partial charge in [-0.2, -0.15) is 0 Å². The number of unbranched alkanes of at least 4 members (excludes halogenated alkanes) is 7. The van der Waals surface area contributed by atoms with E-state index in [1.165, 1.54) is 0 Å². The molecule has 1 atom stereocenters. The quantitative estimate of drug-likeness (QED) is 0.0262. The van der Waals surface area contributed by atoms with Crippen molar-refractivity contribution in [2.75, 3.05) is 13.2 Å². The minimum absolute atomic E-state index is 0.141. The molecule has 6 nitrogen and oxygen atoms in total. The van der Waals surface area contributed by atoms with Crippen LogP contribution in [-0.4, -0.2) is 37.2 Å². The van der Waals surface area contributed by atoms with Crippen molar-refractivity contribution in [2.24, 2.45) is 0 Å². The molecule has 0 fully saturated rings. The molecular formula is C67H100O6. The van der Waals surface area contributed by atoms with Gasteiger partial charge in [0.15, 0.2) is 6.10 Å². The minimum Gasteiger partial charge on any atom is -0.462 e. The van der Waals surface area contributed by atoms with E-state index in [1.54, 1.807) is 0 Å². The molecule has 1 unspecified atom stereocenters. The maximum atomic E-state index is 12.8. The molecule has 0 N–H and O–H groups in total. The predicted octanol–water partition coefficient (Wildman–Crippen LogP) is 19.3. The highest BCUT2D eigenvalue weighted by Gasteiger charge is 2.19. The van der Waals surface area contributed by atoms with Gasteiger partial charge in [-0.25, -0.2) is 0 Å². The second-order valence-corrected chi connectivity index (χ2v) is 17.7. The molecule has 0 aliphatic carbocycles. The molecule has 0 aromatic heterocycles.